The largest absolute Gasteiger partial charge is 0.504 e. The molecule has 9 rings (SSSR count). The van der Waals surface area contributed by atoms with E-state index in [9.17, 15) is 79.5 Å². The molecule has 4 aliphatic heterocycles. The highest BCUT2D eigenvalue weighted by atomic mass is 32.1. The minimum Gasteiger partial charge on any atom is -0.504 e. The van der Waals surface area contributed by atoms with Crippen molar-refractivity contribution < 1.29 is 84.3 Å². The number of phenolic OH excluding ortho intramolecular Hbond substituents is 1. The van der Waals surface area contributed by atoms with Crippen LogP contribution < -0.4 is 41.5 Å². The third kappa shape index (κ3) is 18.0. The van der Waals surface area contributed by atoms with Gasteiger partial charge >= 0.3 is 0 Å². The number of carbonyl (C=O) groups excluding carboxylic acids is 7. The van der Waals surface area contributed by atoms with Gasteiger partial charge in [-0.15, -0.1) is 10.2 Å². The van der Waals surface area contributed by atoms with E-state index in [1.54, 1.807) is 12.1 Å². The summed E-state index contributed by atoms with van der Waals surface area (Å²) in [6.45, 7) is 5.06. The zero-order valence-electron chi connectivity index (χ0n) is 53.5. The molecule has 0 radical (unpaired) electrons. The summed E-state index contributed by atoms with van der Waals surface area (Å²) in [5.41, 5.74) is 2.93. The molecule has 15 N–H and O–H groups in total. The van der Waals surface area contributed by atoms with E-state index in [2.05, 4.69) is 64.0 Å². The third-order valence-electron chi connectivity index (χ3n) is 18.7. The molecule has 7 amide bonds. The first-order valence-electron chi connectivity index (χ1n) is 32.6. The van der Waals surface area contributed by atoms with E-state index in [0.29, 0.717) is 15.6 Å². The number of hydrogen-bond donors (Lipinski definition) is 15. The summed E-state index contributed by atoms with van der Waals surface area (Å²) in [6.07, 6.45) is -5.47. The number of aliphatic hydroxyl groups excluding tert-OH is 8. The molecule has 95 heavy (non-hydrogen) atoms. The van der Waals surface area contributed by atoms with Crippen LogP contribution in [-0.4, -0.2) is 270 Å². The minimum atomic E-state index is -2.07. The number of aromatic nitrogens is 2. The second-order valence-electron chi connectivity index (χ2n) is 25.6. The Morgan fingerprint density at radius 2 is 1.36 bits per heavy atom. The number of methoxy groups -OCH3 is 1. The van der Waals surface area contributed by atoms with Gasteiger partial charge in [0.25, 0.3) is 5.91 Å². The molecular formula is C65H90N12O17S. The fraction of sp³-hybridized carbons (Fsp3) is 0.585. The SMILES string of the molecule is COc1cc(C[C@@H](O)[C@@H]2NC(=O)[C@@H]3C[C@@H](O)CN3C(=O)[C@H]([C@@H](C)O)NC(=O)[C@@H](NC(=O)c3ccc(-c4nnc(-c5ccc(N6CCN(CC7CCCCC7)CC6)cc5)s4)cc3)C[C@@H](O)CNC(=O)[C@@H]3[C@@H](O)[C@@H](C)CN3C(=O)[C@H]([C@H](O)CCNC(CO)CO)NC2=O)ccc1O. The first-order valence-corrected chi connectivity index (χ1v) is 33.4. The van der Waals surface area contributed by atoms with Crippen LogP contribution in [0, 0.1) is 11.8 Å². The normalized spacial score (nSPS) is 26.8. The van der Waals surface area contributed by atoms with Crippen LogP contribution in [0.3, 0.4) is 0 Å². The highest BCUT2D eigenvalue weighted by molar-refractivity contribution is 7.17. The van der Waals surface area contributed by atoms with Gasteiger partial charge in [0.05, 0.1) is 63.0 Å². The van der Waals surface area contributed by atoms with E-state index in [4.69, 9.17) is 4.74 Å². The predicted molar refractivity (Wildman–Crippen MR) is 346 cm³/mol. The van der Waals surface area contributed by atoms with Crippen LogP contribution in [0.1, 0.15) is 81.1 Å². The van der Waals surface area contributed by atoms with Crippen molar-refractivity contribution in [1.29, 1.82) is 0 Å². The van der Waals surface area contributed by atoms with Crippen molar-refractivity contribution in [3.05, 3.63) is 77.9 Å². The van der Waals surface area contributed by atoms with Gasteiger partial charge in [-0.3, -0.25) is 38.5 Å². The summed E-state index contributed by atoms with van der Waals surface area (Å²) < 4.78 is 5.22. The van der Waals surface area contributed by atoms with Gasteiger partial charge in [-0.25, -0.2) is 0 Å². The van der Waals surface area contributed by atoms with E-state index in [1.807, 2.05) is 12.1 Å². The molecule has 1 aromatic heterocycles. The summed E-state index contributed by atoms with van der Waals surface area (Å²) in [6, 6.07) is 6.43. The standard InChI is InChI=1S/C65H90N12O17S/c1-35-30-77-55(56(35)86)61(91)67-29-44(81)27-46(68-57(87)39-10-12-40(13-11-39)62-72-73-63(95-62)41-14-16-43(17-15-41)75-23-21-74(22-24-75)31-37-7-5-4-6-8-37)58(88)69-52(36(2)80)64(92)76-32-45(82)28-47(76)59(89)70-53(50(85)25-38-9-18-48(83)51(26-38)94-3)60(90)71-54(65(77)93)49(84)19-20-66-42(33-78)34-79/h9-18,26,35-37,42,44-47,49-50,52-56,66,78-86H,4-8,19-25,27-34H2,1-3H3,(H,67,91)(H,68,87)(H,69,88)(H,70,89)(H,71,90)/t35-,36+,44+,45+,46-,47-,49+,50+,52-,53-,54-,55-,56-/m0/s1. The van der Waals surface area contributed by atoms with Gasteiger partial charge in [0.15, 0.2) is 11.5 Å². The van der Waals surface area contributed by atoms with Gasteiger partial charge in [-0.2, -0.15) is 0 Å². The Labute approximate surface area is 554 Å². The monoisotopic (exact) mass is 1340 g/mol. The van der Waals surface area contributed by atoms with Crippen LogP contribution >= 0.6 is 11.3 Å². The van der Waals surface area contributed by atoms with Crippen molar-refractivity contribution in [2.24, 2.45) is 11.8 Å². The number of aromatic hydroxyl groups is 1. The molecular weight excluding hydrogens is 1250 g/mol. The number of nitrogens with zero attached hydrogens (tertiary/aromatic N) is 6. The number of ether oxygens (including phenoxy) is 1. The molecule has 0 spiro atoms. The third-order valence-corrected chi connectivity index (χ3v) is 19.7. The van der Waals surface area contributed by atoms with E-state index < -0.39 is 172 Å². The zero-order chi connectivity index (χ0) is 68.2. The molecule has 0 bridgehead atoms. The number of benzene rings is 3. The molecule has 30 heteroatoms. The van der Waals surface area contributed by atoms with Crippen LogP contribution in [0.15, 0.2) is 66.7 Å². The number of hydrogen-bond acceptors (Lipinski definition) is 23. The number of anilines is 1. The van der Waals surface area contributed by atoms with Crippen molar-refractivity contribution in [1.82, 2.24) is 56.8 Å². The number of amides is 7. The predicted octanol–water partition coefficient (Wildman–Crippen LogP) is -2.43. The Balaban J connectivity index is 0.958. The zero-order valence-corrected chi connectivity index (χ0v) is 54.4. The number of rotatable bonds is 19. The van der Waals surface area contributed by atoms with E-state index in [0.717, 1.165) is 60.1 Å². The molecule has 29 nitrogen and oxygen atoms in total. The van der Waals surface area contributed by atoms with Crippen molar-refractivity contribution in [2.45, 2.75) is 151 Å². The number of piperazine rings is 1. The highest BCUT2D eigenvalue weighted by Crippen LogP contribution is 2.33. The number of phenols is 1. The van der Waals surface area contributed by atoms with Gasteiger partial charge in [0.1, 0.15) is 46.3 Å². The quantitative estimate of drug-likeness (QED) is 0.0464. The molecule has 5 fully saturated rings. The van der Waals surface area contributed by atoms with Crippen LogP contribution in [0.4, 0.5) is 5.69 Å². The maximum Gasteiger partial charge on any atom is 0.251 e. The Kier molecular flexibility index (Phi) is 24.9. The van der Waals surface area contributed by atoms with E-state index >= 15 is 0 Å². The van der Waals surface area contributed by atoms with Crippen LogP contribution in [0.2, 0.25) is 0 Å². The molecule has 1 saturated carbocycles. The molecule has 13 atom stereocenters. The molecule has 1 aliphatic carbocycles. The molecule has 4 saturated heterocycles. The lowest BCUT2D eigenvalue weighted by molar-refractivity contribution is -0.147. The fourth-order valence-corrected chi connectivity index (χ4v) is 14.0. The Morgan fingerprint density at radius 1 is 0.726 bits per heavy atom. The Bertz CT molecular complexity index is 3280. The maximum absolute atomic E-state index is 15.0. The van der Waals surface area contributed by atoms with Crippen molar-refractivity contribution in [3.8, 4) is 32.6 Å². The van der Waals surface area contributed by atoms with Crippen molar-refractivity contribution in [2.75, 3.05) is 84.1 Å². The molecule has 0 unspecified atom stereocenters. The van der Waals surface area contributed by atoms with Crippen LogP contribution in [0.5, 0.6) is 11.5 Å². The molecule has 5 heterocycles. The summed E-state index contributed by atoms with van der Waals surface area (Å²) in [4.78, 5) is 109. The molecule has 5 aliphatic rings. The molecule has 4 aromatic rings. The Morgan fingerprint density at radius 3 is 2.00 bits per heavy atom. The fourth-order valence-electron chi connectivity index (χ4n) is 13.1. The highest BCUT2D eigenvalue weighted by Gasteiger charge is 2.50. The van der Waals surface area contributed by atoms with Gasteiger partial charge < -0.3 is 97.3 Å². The van der Waals surface area contributed by atoms with Gasteiger partial charge in [0.2, 0.25) is 35.4 Å². The maximum atomic E-state index is 15.0. The first-order chi connectivity index (χ1) is 45.5. The molecule has 3 aromatic carbocycles. The number of fused-ring (bicyclic) bond motifs is 2. The van der Waals surface area contributed by atoms with Crippen LogP contribution in [0.25, 0.3) is 21.1 Å². The number of aliphatic hydroxyl groups is 8. The van der Waals surface area contributed by atoms with Gasteiger partial charge in [-0.05, 0) is 92.7 Å². The second-order valence-corrected chi connectivity index (χ2v) is 26.6. The first kappa shape index (κ1) is 71.8. The number of β-amino-alcohol motifs (C(OH)–C–C–N with tert-alkyl or cyclic N) is 1. The van der Waals surface area contributed by atoms with Crippen LogP contribution in [-0.2, 0) is 35.2 Å². The lowest BCUT2D eigenvalue weighted by atomic mass is 9.89. The topological polar surface area (TPSA) is 422 Å². The average Bonchev–Trinajstić information content (AvgIpc) is 1.68. The van der Waals surface area contributed by atoms with Crippen molar-refractivity contribution in [3.63, 3.8) is 0 Å². The number of nitrogens with one attached hydrogen (secondary N) is 6. The lowest BCUT2D eigenvalue weighted by Crippen LogP contribution is -2.64. The van der Waals surface area contributed by atoms with Gasteiger partial charge in [0, 0.05) is 99.9 Å². The van der Waals surface area contributed by atoms with Crippen molar-refractivity contribution >= 4 is 58.4 Å². The number of carbonyl (C=O) groups is 7. The summed E-state index contributed by atoms with van der Waals surface area (Å²) in [5, 5.41) is 124. The molecule has 518 valence electrons. The minimum absolute atomic E-state index is 0.0228. The average molecular weight is 1340 g/mol. The summed E-state index contributed by atoms with van der Waals surface area (Å²) >= 11 is 1.35. The van der Waals surface area contributed by atoms with E-state index in [-0.39, 0.29) is 42.1 Å². The smallest absolute Gasteiger partial charge is 0.251 e. The Hall–Kier alpha value is -7.49. The summed E-state index contributed by atoms with van der Waals surface area (Å²) in [7, 11) is 1.27. The lowest BCUT2D eigenvalue weighted by Gasteiger charge is -2.38. The second kappa shape index (κ2) is 33.0. The summed E-state index contributed by atoms with van der Waals surface area (Å²) in [5.74, 6) is -8.00. The van der Waals surface area contributed by atoms with E-state index in [1.165, 1.54) is 94.4 Å². The van der Waals surface area contributed by atoms with Gasteiger partial charge in [-0.1, -0.05) is 55.7 Å².